The Labute approximate surface area is 156 Å². The summed E-state index contributed by atoms with van der Waals surface area (Å²) >= 11 is 4.68. The maximum Gasteiger partial charge on any atom is 0.234 e. The smallest absolute Gasteiger partial charge is 0.234 e. The van der Waals surface area contributed by atoms with E-state index in [1.165, 1.54) is 24.6 Å². The van der Waals surface area contributed by atoms with Gasteiger partial charge in [-0.3, -0.25) is 14.5 Å². The standard InChI is InChI=1S/C17H24BrN3O2S/c1-12(21(2)15-6-7-15)9-19-16(22)10-24-11-17(23)20-14-5-3-4-13(18)8-14/h3-5,8,12,15H,6-7,9-11H2,1-2H3,(H,19,22)(H,20,23). The highest BCUT2D eigenvalue weighted by molar-refractivity contribution is 9.10. The summed E-state index contributed by atoms with van der Waals surface area (Å²) in [5.41, 5.74) is 0.747. The van der Waals surface area contributed by atoms with Crippen LogP contribution in [0.15, 0.2) is 28.7 Å². The van der Waals surface area contributed by atoms with E-state index in [0.717, 1.165) is 10.2 Å². The number of halogens is 1. The van der Waals surface area contributed by atoms with Crippen molar-refractivity contribution in [2.45, 2.75) is 31.8 Å². The van der Waals surface area contributed by atoms with Crippen LogP contribution in [-0.2, 0) is 9.59 Å². The van der Waals surface area contributed by atoms with Crippen LogP contribution >= 0.6 is 27.7 Å². The summed E-state index contributed by atoms with van der Waals surface area (Å²) in [6.45, 7) is 2.77. The first kappa shape index (κ1) is 19.3. The van der Waals surface area contributed by atoms with Crippen molar-refractivity contribution in [2.75, 3.05) is 30.4 Å². The number of anilines is 1. The lowest BCUT2D eigenvalue weighted by Gasteiger charge is -2.24. The number of nitrogens with zero attached hydrogens (tertiary/aromatic N) is 1. The first-order valence-electron chi connectivity index (χ1n) is 8.07. The van der Waals surface area contributed by atoms with E-state index in [0.29, 0.717) is 24.4 Å². The van der Waals surface area contributed by atoms with E-state index in [4.69, 9.17) is 0 Å². The summed E-state index contributed by atoms with van der Waals surface area (Å²) < 4.78 is 0.914. The molecule has 2 amide bonds. The fourth-order valence-electron chi connectivity index (χ4n) is 2.30. The molecule has 1 aromatic carbocycles. The van der Waals surface area contributed by atoms with E-state index in [9.17, 15) is 9.59 Å². The van der Waals surface area contributed by atoms with E-state index in [1.807, 2.05) is 24.3 Å². The highest BCUT2D eigenvalue weighted by Gasteiger charge is 2.29. The number of nitrogens with one attached hydrogen (secondary N) is 2. The minimum absolute atomic E-state index is 0.0219. The second-order valence-corrected chi connectivity index (χ2v) is 8.00. The molecular weight excluding hydrogens is 390 g/mol. The van der Waals surface area contributed by atoms with Crippen LogP contribution in [0.25, 0.3) is 0 Å². The topological polar surface area (TPSA) is 61.4 Å². The number of carbonyl (C=O) groups excluding carboxylic acids is 2. The van der Waals surface area contributed by atoms with Gasteiger partial charge in [0.2, 0.25) is 11.8 Å². The summed E-state index contributed by atoms with van der Waals surface area (Å²) in [6, 6.07) is 8.46. The minimum atomic E-state index is -0.104. The molecule has 0 saturated heterocycles. The van der Waals surface area contributed by atoms with Gasteiger partial charge in [-0.2, -0.15) is 0 Å². The lowest BCUT2D eigenvalue weighted by atomic mass is 10.3. The van der Waals surface area contributed by atoms with Gasteiger partial charge in [-0.05, 0) is 45.0 Å². The van der Waals surface area contributed by atoms with E-state index in [1.54, 1.807) is 0 Å². The summed E-state index contributed by atoms with van der Waals surface area (Å²) in [5.74, 6) is 0.433. The van der Waals surface area contributed by atoms with Crippen molar-refractivity contribution in [3.8, 4) is 0 Å². The monoisotopic (exact) mass is 413 g/mol. The molecule has 2 N–H and O–H groups in total. The van der Waals surface area contributed by atoms with Crippen LogP contribution in [0.5, 0.6) is 0 Å². The van der Waals surface area contributed by atoms with Gasteiger partial charge in [0, 0.05) is 28.8 Å². The summed E-state index contributed by atoms with van der Waals surface area (Å²) in [5, 5.41) is 5.75. The molecule has 1 aliphatic rings. The third-order valence-electron chi connectivity index (χ3n) is 3.99. The summed E-state index contributed by atoms with van der Waals surface area (Å²) in [7, 11) is 2.11. The van der Waals surface area contributed by atoms with E-state index in [2.05, 4.69) is 45.4 Å². The summed E-state index contributed by atoms with van der Waals surface area (Å²) in [4.78, 5) is 26.0. The fraction of sp³-hybridized carbons (Fsp3) is 0.529. The predicted molar refractivity (Wildman–Crippen MR) is 103 cm³/mol. The van der Waals surface area contributed by atoms with Gasteiger partial charge in [0.1, 0.15) is 0 Å². The Morgan fingerprint density at radius 1 is 1.33 bits per heavy atom. The van der Waals surface area contributed by atoms with Crippen molar-refractivity contribution in [3.05, 3.63) is 28.7 Å². The fourth-order valence-corrected chi connectivity index (χ4v) is 3.34. The van der Waals surface area contributed by atoms with E-state index >= 15 is 0 Å². The molecule has 1 unspecified atom stereocenters. The maximum atomic E-state index is 11.9. The molecule has 1 atom stereocenters. The minimum Gasteiger partial charge on any atom is -0.354 e. The van der Waals surface area contributed by atoms with Crippen molar-refractivity contribution < 1.29 is 9.59 Å². The van der Waals surface area contributed by atoms with Gasteiger partial charge in [-0.25, -0.2) is 0 Å². The van der Waals surface area contributed by atoms with Gasteiger partial charge in [0.05, 0.1) is 11.5 Å². The Hall–Kier alpha value is -1.05. The van der Waals surface area contributed by atoms with Gasteiger partial charge in [-0.15, -0.1) is 11.8 Å². The molecule has 1 saturated carbocycles. The van der Waals surface area contributed by atoms with Gasteiger partial charge < -0.3 is 10.6 Å². The summed E-state index contributed by atoms with van der Waals surface area (Å²) in [6.07, 6.45) is 2.52. The zero-order chi connectivity index (χ0) is 17.5. The Bertz CT molecular complexity index is 581. The van der Waals surface area contributed by atoms with Crippen LogP contribution < -0.4 is 10.6 Å². The molecule has 1 aliphatic carbocycles. The van der Waals surface area contributed by atoms with Gasteiger partial charge in [0.25, 0.3) is 0 Å². The zero-order valence-electron chi connectivity index (χ0n) is 14.0. The number of rotatable bonds is 9. The van der Waals surface area contributed by atoms with Crippen LogP contribution in [0.4, 0.5) is 5.69 Å². The molecule has 0 bridgehead atoms. The van der Waals surface area contributed by atoms with Crippen molar-refractivity contribution >= 4 is 45.2 Å². The van der Waals surface area contributed by atoms with Crippen LogP contribution in [0.2, 0.25) is 0 Å². The van der Waals surface area contributed by atoms with Crippen LogP contribution in [0.3, 0.4) is 0 Å². The number of amides is 2. The van der Waals surface area contributed by atoms with Crippen molar-refractivity contribution in [3.63, 3.8) is 0 Å². The van der Waals surface area contributed by atoms with E-state index < -0.39 is 0 Å². The Morgan fingerprint density at radius 3 is 2.71 bits per heavy atom. The second-order valence-electron chi connectivity index (χ2n) is 6.10. The molecule has 2 rings (SSSR count). The van der Waals surface area contributed by atoms with Crippen LogP contribution in [0.1, 0.15) is 19.8 Å². The molecule has 1 fully saturated rings. The Morgan fingerprint density at radius 2 is 2.04 bits per heavy atom. The van der Waals surface area contributed by atoms with Gasteiger partial charge in [-0.1, -0.05) is 22.0 Å². The molecule has 0 aliphatic heterocycles. The number of benzene rings is 1. The number of carbonyl (C=O) groups is 2. The number of hydrogen-bond acceptors (Lipinski definition) is 4. The lowest BCUT2D eigenvalue weighted by molar-refractivity contribution is -0.118. The van der Waals surface area contributed by atoms with E-state index in [-0.39, 0.29) is 17.6 Å². The first-order valence-corrected chi connectivity index (χ1v) is 10.0. The molecule has 132 valence electrons. The normalized spacial score (nSPS) is 15.2. The highest BCUT2D eigenvalue weighted by Crippen LogP contribution is 2.26. The molecule has 7 heteroatoms. The second kappa shape index (κ2) is 9.44. The third-order valence-corrected chi connectivity index (χ3v) is 5.41. The molecule has 0 heterocycles. The predicted octanol–water partition coefficient (Wildman–Crippen LogP) is 2.72. The molecular formula is C17H24BrN3O2S. The van der Waals surface area contributed by atoms with Crippen molar-refractivity contribution in [1.82, 2.24) is 10.2 Å². The maximum absolute atomic E-state index is 11.9. The zero-order valence-corrected chi connectivity index (χ0v) is 16.5. The lowest BCUT2D eigenvalue weighted by Crippen LogP contribution is -2.41. The van der Waals surface area contributed by atoms with Gasteiger partial charge >= 0.3 is 0 Å². The molecule has 0 spiro atoms. The van der Waals surface area contributed by atoms with Crippen LogP contribution in [-0.4, -0.2) is 53.9 Å². The quantitative estimate of drug-likeness (QED) is 0.653. The van der Waals surface area contributed by atoms with Gasteiger partial charge in [0.15, 0.2) is 0 Å². The number of thioether (sulfide) groups is 1. The first-order chi connectivity index (χ1) is 11.5. The Balaban J connectivity index is 1.59. The number of likely N-dealkylation sites (N-methyl/N-ethyl adjacent to an activating group) is 1. The highest BCUT2D eigenvalue weighted by atomic mass is 79.9. The molecule has 1 aromatic rings. The van der Waals surface area contributed by atoms with Crippen molar-refractivity contribution in [1.29, 1.82) is 0 Å². The molecule has 5 nitrogen and oxygen atoms in total. The van der Waals surface area contributed by atoms with Crippen LogP contribution in [0, 0.1) is 0 Å². The largest absolute Gasteiger partial charge is 0.354 e. The average Bonchev–Trinajstić information content (AvgIpc) is 3.36. The Kier molecular flexibility index (Phi) is 7.58. The number of hydrogen-bond donors (Lipinski definition) is 2. The average molecular weight is 414 g/mol. The molecule has 0 aromatic heterocycles. The SMILES string of the molecule is CC(CNC(=O)CSCC(=O)Nc1cccc(Br)c1)N(C)C1CC1. The van der Waals surface area contributed by atoms with Crippen molar-refractivity contribution in [2.24, 2.45) is 0 Å². The third kappa shape index (κ3) is 6.83. The molecule has 0 radical (unpaired) electrons. The molecule has 24 heavy (non-hydrogen) atoms.